The fourth-order valence-electron chi connectivity index (χ4n) is 1.72. The van der Waals surface area contributed by atoms with Crippen molar-refractivity contribution in [2.24, 2.45) is 0 Å². The average Bonchev–Trinajstić information content (AvgIpc) is 3.26. The van der Waals surface area contributed by atoms with Gasteiger partial charge in [0.25, 0.3) is 5.91 Å². The lowest BCUT2D eigenvalue weighted by Gasteiger charge is -2.01. The zero-order valence-electron chi connectivity index (χ0n) is 11.5. The predicted octanol–water partition coefficient (Wildman–Crippen LogP) is 2.43. The van der Waals surface area contributed by atoms with Crippen LogP contribution < -0.4 is 5.32 Å². The van der Waals surface area contributed by atoms with E-state index in [1.165, 1.54) is 0 Å². The van der Waals surface area contributed by atoms with Crippen LogP contribution in [-0.2, 0) is 0 Å². The monoisotopic (exact) mass is 335 g/mol. The molecule has 3 aromatic heterocycles. The molecule has 0 radical (unpaired) electrons. The third-order valence-electron chi connectivity index (χ3n) is 2.75. The Balaban J connectivity index is 1.42. The highest BCUT2D eigenvalue weighted by Crippen LogP contribution is 2.25. The Morgan fingerprint density at radius 2 is 2.45 bits per heavy atom. The maximum atomic E-state index is 12.0. The molecule has 1 amide bonds. The lowest BCUT2D eigenvalue weighted by Crippen LogP contribution is -2.25. The van der Waals surface area contributed by atoms with Gasteiger partial charge in [0.15, 0.2) is 16.6 Å². The minimum absolute atomic E-state index is 0.226. The van der Waals surface area contributed by atoms with Crippen molar-refractivity contribution in [3.8, 4) is 10.6 Å². The van der Waals surface area contributed by atoms with E-state index in [0.717, 1.165) is 22.2 Å². The molecule has 0 saturated heterocycles. The van der Waals surface area contributed by atoms with Crippen molar-refractivity contribution in [2.75, 3.05) is 12.3 Å². The van der Waals surface area contributed by atoms with Crippen LogP contribution in [0.2, 0.25) is 0 Å². The summed E-state index contributed by atoms with van der Waals surface area (Å²) in [6, 6.07) is 5.51. The molecule has 0 spiro atoms. The Hall–Kier alpha value is -2.13. The van der Waals surface area contributed by atoms with Crippen molar-refractivity contribution in [1.29, 1.82) is 0 Å². The summed E-state index contributed by atoms with van der Waals surface area (Å²) in [7, 11) is 0. The molecule has 0 aliphatic carbocycles. The summed E-state index contributed by atoms with van der Waals surface area (Å²) in [5.74, 6) is 1.23. The fourth-order valence-corrected chi connectivity index (χ4v) is 3.11. The lowest BCUT2D eigenvalue weighted by atomic mass is 10.3. The topological polar surface area (TPSA) is 96.7 Å². The number of aromatic amines is 1. The predicted molar refractivity (Wildman–Crippen MR) is 83.9 cm³/mol. The molecule has 0 aliphatic heterocycles. The second kappa shape index (κ2) is 7.23. The van der Waals surface area contributed by atoms with Gasteiger partial charge in [-0.1, -0.05) is 23.0 Å². The van der Waals surface area contributed by atoms with Crippen molar-refractivity contribution in [2.45, 2.75) is 11.6 Å². The SMILES string of the molecule is O=C(NCCCSc1nnc[nH]1)c1cc(-c2cccs2)on1. The van der Waals surface area contributed by atoms with Gasteiger partial charge < -0.3 is 14.8 Å². The van der Waals surface area contributed by atoms with E-state index in [1.54, 1.807) is 35.5 Å². The van der Waals surface area contributed by atoms with E-state index < -0.39 is 0 Å². The van der Waals surface area contributed by atoms with E-state index in [2.05, 4.69) is 25.7 Å². The number of nitrogens with one attached hydrogen (secondary N) is 2. The maximum absolute atomic E-state index is 12.0. The Labute approximate surface area is 134 Å². The Bertz CT molecular complexity index is 709. The largest absolute Gasteiger partial charge is 0.355 e. The quantitative estimate of drug-likeness (QED) is 0.508. The van der Waals surface area contributed by atoms with Crippen LogP contribution in [0.4, 0.5) is 0 Å². The maximum Gasteiger partial charge on any atom is 0.273 e. The second-order valence-electron chi connectivity index (χ2n) is 4.31. The minimum atomic E-state index is -0.226. The van der Waals surface area contributed by atoms with Crippen LogP contribution in [-0.4, -0.2) is 38.5 Å². The first-order valence-corrected chi connectivity index (χ1v) is 8.47. The van der Waals surface area contributed by atoms with E-state index in [-0.39, 0.29) is 5.91 Å². The van der Waals surface area contributed by atoms with Crippen molar-refractivity contribution >= 4 is 29.0 Å². The van der Waals surface area contributed by atoms with E-state index in [1.807, 2.05) is 17.5 Å². The number of carbonyl (C=O) groups excluding carboxylic acids is 1. The summed E-state index contributed by atoms with van der Waals surface area (Å²) in [5.41, 5.74) is 0.297. The molecule has 22 heavy (non-hydrogen) atoms. The summed E-state index contributed by atoms with van der Waals surface area (Å²) in [6.45, 7) is 0.571. The van der Waals surface area contributed by atoms with Crippen molar-refractivity contribution in [1.82, 2.24) is 25.7 Å². The molecule has 0 unspecified atom stereocenters. The molecule has 0 aromatic carbocycles. The number of H-pyrrole nitrogens is 1. The number of hydrogen-bond acceptors (Lipinski definition) is 7. The zero-order valence-corrected chi connectivity index (χ0v) is 13.1. The van der Waals surface area contributed by atoms with E-state index in [0.29, 0.717) is 18.0 Å². The summed E-state index contributed by atoms with van der Waals surface area (Å²) >= 11 is 3.11. The third-order valence-corrected chi connectivity index (χ3v) is 4.60. The molecule has 2 N–H and O–H groups in total. The van der Waals surface area contributed by atoms with Crippen LogP contribution in [0.3, 0.4) is 0 Å². The van der Waals surface area contributed by atoms with Crippen LogP contribution in [0.25, 0.3) is 10.6 Å². The van der Waals surface area contributed by atoms with Gasteiger partial charge in [0, 0.05) is 18.4 Å². The highest BCUT2D eigenvalue weighted by molar-refractivity contribution is 7.99. The van der Waals surface area contributed by atoms with Crippen molar-refractivity contribution in [3.05, 3.63) is 35.6 Å². The number of aromatic nitrogens is 4. The molecule has 114 valence electrons. The van der Waals surface area contributed by atoms with Crippen LogP contribution in [0.5, 0.6) is 0 Å². The van der Waals surface area contributed by atoms with Gasteiger partial charge in [-0.05, 0) is 17.9 Å². The number of thiophene rings is 1. The molecular weight excluding hydrogens is 322 g/mol. The molecule has 7 nitrogen and oxygen atoms in total. The molecule has 0 bridgehead atoms. The summed E-state index contributed by atoms with van der Waals surface area (Å²) in [6.07, 6.45) is 2.37. The second-order valence-corrected chi connectivity index (χ2v) is 6.34. The van der Waals surface area contributed by atoms with Gasteiger partial charge in [-0.3, -0.25) is 4.79 Å². The van der Waals surface area contributed by atoms with Gasteiger partial charge in [-0.2, -0.15) is 0 Å². The zero-order chi connectivity index (χ0) is 15.2. The van der Waals surface area contributed by atoms with Gasteiger partial charge in [0.05, 0.1) is 4.88 Å². The number of carbonyl (C=O) groups is 1. The fraction of sp³-hybridized carbons (Fsp3) is 0.231. The minimum Gasteiger partial charge on any atom is -0.355 e. The van der Waals surface area contributed by atoms with Crippen molar-refractivity contribution in [3.63, 3.8) is 0 Å². The van der Waals surface area contributed by atoms with Crippen molar-refractivity contribution < 1.29 is 9.32 Å². The molecule has 0 aliphatic rings. The third kappa shape index (κ3) is 3.74. The van der Waals surface area contributed by atoms with E-state index in [9.17, 15) is 4.79 Å². The smallest absolute Gasteiger partial charge is 0.273 e. The number of rotatable bonds is 7. The van der Waals surface area contributed by atoms with E-state index in [4.69, 9.17) is 4.52 Å². The number of amides is 1. The summed E-state index contributed by atoms with van der Waals surface area (Å²) in [4.78, 5) is 15.8. The van der Waals surface area contributed by atoms with Crippen LogP contribution in [0.1, 0.15) is 16.9 Å². The van der Waals surface area contributed by atoms with Gasteiger partial charge in [0.2, 0.25) is 0 Å². The number of hydrogen-bond donors (Lipinski definition) is 2. The van der Waals surface area contributed by atoms with Crippen LogP contribution in [0, 0.1) is 0 Å². The normalized spacial score (nSPS) is 10.7. The van der Waals surface area contributed by atoms with Gasteiger partial charge in [0.1, 0.15) is 6.33 Å². The van der Waals surface area contributed by atoms with Gasteiger partial charge in [-0.15, -0.1) is 21.5 Å². The number of thioether (sulfide) groups is 1. The Morgan fingerprint density at radius 3 is 3.23 bits per heavy atom. The first-order valence-electron chi connectivity index (χ1n) is 6.60. The molecule has 3 aromatic rings. The summed E-state index contributed by atoms with van der Waals surface area (Å²) in [5, 5.41) is 16.9. The first kappa shape index (κ1) is 14.8. The number of nitrogens with zero attached hydrogens (tertiary/aromatic N) is 3. The highest BCUT2D eigenvalue weighted by Gasteiger charge is 2.13. The molecule has 0 atom stereocenters. The Morgan fingerprint density at radius 1 is 1.50 bits per heavy atom. The molecule has 0 fully saturated rings. The van der Waals surface area contributed by atoms with Gasteiger partial charge >= 0.3 is 0 Å². The first-order chi connectivity index (χ1) is 10.8. The average molecular weight is 335 g/mol. The van der Waals surface area contributed by atoms with E-state index >= 15 is 0 Å². The molecular formula is C13H13N5O2S2. The molecule has 3 rings (SSSR count). The van der Waals surface area contributed by atoms with Gasteiger partial charge in [-0.25, -0.2) is 0 Å². The molecule has 3 heterocycles. The highest BCUT2D eigenvalue weighted by atomic mass is 32.2. The van der Waals surface area contributed by atoms with Crippen LogP contribution in [0.15, 0.2) is 39.6 Å². The van der Waals surface area contributed by atoms with Crippen LogP contribution >= 0.6 is 23.1 Å². The summed E-state index contributed by atoms with van der Waals surface area (Å²) < 4.78 is 5.18. The standard InChI is InChI=1S/C13H13N5O2S2/c19-12(14-4-2-6-22-13-15-8-16-17-13)9-7-10(20-18-9)11-3-1-5-21-11/h1,3,5,7-8H,2,4,6H2,(H,14,19)(H,15,16,17). The lowest BCUT2D eigenvalue weighted by molar-refractivity contribution is 0.0945. The molecule has 0 saturated carbocycles. The molecule has 9 heteroatoms. The Kier molecular flexibility index (Phi) is 4.86.